The molecule has 0 atom stereocenters. The molecule has 4 heteroatoms. The number of aryl methyl sites for hydroxylation is 1. The van der Waals surface area contributed by atoms with Crippen molar-refractivity contribution in [3.8, 4) is 11.6 Å². The quantitative estimate of drug-likeness (QED) is 0.840. The lowest BCUT2D eigenvalue weighted by Crippen LogP contribution is -2.01. The molecule has 4 nitrogen and oxygen atoms in total. The van der Waals surface area contributed by atoms with E-state index in [1.807, 2.05) is 37.3 Å². The Morgan fingerprint density at radius 2 is 2.06 bits per heavy atom. The van der Waals surface area contributed by atoms with Gasteiger partial charge in [0.25, 0.3) is 0 Å². The molecule has 0 bridgehead atoms. The zero-order valence-electron chi connectivity index (χ0n) is 10.5. The zero-order valence-corrected chi connectivity index (χ0v) is 10.5. The van der Waals surface area contributed by atoms with Crippen LogP contribution >= 0.6 is 0 Å². The third kappa shape index (κ3) is 2.91. The van der Waals surface area contributed by atoms with Gasteiger partial charge in [0.05, 0.1) is 18.5 Å². The molecule has 1 heterocycles. The highest BCUT2D eigenvalue weighted by molar-refractivity contribution is 5.54. The maximum Gasteiger partial charge on any atom is 0.213 e. The summed E-state index contributed by atoms with van der Waals surface area (Å²) in [4.78, 5) is 4.27. The van der Waals surface area contributed by atoms with Gasteiger partial charge in [-0.3, -0.25) is 0 Å². The minimum Gasteiger partial charge on any atom is -0.485 e. The van der Waals surface area contributed by atoms with Crippen molar-refractivity contribution in [1.29, 1.82) is 0 Å². The van der Waals surface area contributed by atoms with Gasteiger partial charge in [-0.25, -0.2) is 4.98 Å². The SMILES string of the molecule is COc1cccc(COc2ccc(C)cc2N)n1. The van der Waals surface area contributed by atoms with Crippen molar-refractivity contribution >= 4 is 5.69 Å². The number of nitrogen functional groups attached to an aromatic ring is 1. The van der Waals surface area contributed by atoms with E-state index in [1.165, 1.54) is 0 Å². The molecule has 0 aliphatic carbocycles. The molecule has 0 aliphatic heterocycles. The van der Waals surface area contributed by atoms with Gasteiger partial charge in [-0.1, -0.05) is 12.1 Å². The molecule has 18 heavy (non-hydrogen) atoms. The van der Waals surface area contributed by atoms with Crippen LogP contribution in [-0.2, 0) is 6.61 Å². The highest BCUT2D eigenvalue weighted by atomic mass is 16.5. The number of hydrogen-bond donors (Lipinski definition) is 1. The number of ether oxygens (including phenoxy) is 2. The summed E-state index contributed by atoms with van der Waals surface area (Å²) in [5.41, 5.74) is 8.42. The standard InChI is InChI=1S/C14H16N2O2/c1-10-6-7-13(12(15)8-10)18-9-11-4-3-5-14(16-11)17-2/h3-8H,9,15H2,1-2H3. The summed E-state index contributed by atoms with van der Waals surface area (Å²) in [5, 5.41) is 0. The van der Waals surface area contributed by atoms with Crippen LogP contribution in [0.4, 0.5) is 5.69 Å². The number of pyridine rings is 1. The minimum atomic E-state index is 0.366. The normalized spacial score (nSPS) is 10.1. The molecule has 0 saturated carbocycles. The van der Waals surface area contributed by atoms with E-state index in [9.17, 15) is 0 Å². The monoisotopic (exact) mass is 244 g/mol. The number of hydrogen-bond acceptors (Lipinski definition) is 4. The number of aromatic nitrogens is 1. The van der Waals surface area contributed by atoms with Crippen LogP contribution in [0.25, 0.3) is 0 Å². The summed E-state index contributed by atoms with van der Waals surface area (Å²) in [6.45, 7) is 2.36. The van der Waals surface area contributed by atoms with Crippen LogP contribution < -0.4 is 15.2 Å². The lowest BCUT2D eigenvalue weighted by Gasteiger charge is -2.09. The molecule has 1 aromatic heterocycles. The molecule has 0 fully saturated rings. The summed E-state index contributed by atoms with van der Waals surface area (Å²) in [7, 11) is 1.59. The van der Waals surface area contributed by atoms with Gasteiger partial charge in [0.1, 0.15) is 12.4 Å². The Bertz CT molecular complexity index is 541. The highest BCUT2D eigenvalue weighted by Crippen LogP contribution is 2.23. The molecule has 2 rings (SSSR count). The minimum absolute atomic E-state index is 0.366. The van der Waals surface area contributed by atoms with Crippen LogP contribution in [-0.4, -0.2) is 12.1 Å². The Labute approximate surface area is 106 Å². The Kier molecular flexibility index (Phi) is 3.67. The molecule has 0 amide bonds. The van der Waals surface area contributed by atoms with Crippen LogP contribution in [0.1, 0.15) is 11.3 Å². The number of rotatable bonds is 4. The van der Waals surface area contributed by atoms with Crippen LogP contribution in [0.2, 0.25) is 0 Å². The highest BCUT2D eigenvalue weighted by Gasteiger charge is 2.02. The Balaban J connectivity index is 2.06. The lowest BCUT2D eigenvalue weighted by atomic mass is 10.2. The van der Waals surface area contributed by atoms with Crippen molar-refractivity contribution in [2.75, 3.05) is 12.8 Å². The van der Waals surface area contributed by atoms with Crippen molar-refractivity contribution in [3.05, 3.63) is 47.7 Å². The largest absolute Gasteiger partial charge is 0.485 e. The maximum atomic E-state index is 5.87. The average Bonchev–Trinajstić information content (AvgIpc) is 2.38. The van der Waals surface area contributed by atoms with Crippen LogP contribution in [0.15, 0.2) is 36.4 Å². The van der Waals surface area contributed by atoms with Gasteiger partial charge >= 0.3 is 0 Å². The predicted octanol–water partition coefficient (Wildman–Crippen LogP) is 2.56. The van der Waals surface area contributed by atoms with Gasteiger partial charge in [0.15, 0.2) is 0 Å². The summed E-state index contributed by atoms with van der Waals surface area (Å²) >= 11 is 0. The fraction of sp³-hybridized carbons (Fsp3) is 0.214. The average molecular weight is 244 g/mol. The first-order valence-corrected chi connectivity index (χ1v) is 5.68. The van der Waals surface area contributed by atoms with Gasteiger partial charge in [0.2, 0.25) is 5.88 Å². The summed E-state index contributed by atoms with van der Waals surface area (Å²) in [5.74, 6) is 1.25. The second kappa shape index (κ2) is 5.40. The topological polar surface area (TPSA) is 57.4 Å². The zero-order chi connectivity index (χ0) is 13.0. The molecule has 0 spiro atoms. The molecule has 0 unspecified atom stereocenters. The van der Waals surface area contributed by atoms with E-state index in [0.29, 0.717) is 23.9 Å². The first kappa shape index (κ1) is 12.2. The van der Waals surface area contributed by atoms with Gasteiger partial charge < -0.3 is 15.2 Å². The summed E-state index contributed by atoms with van der Waals surface area (Å²) < 4.78 is 10.7. The fourth-order valence-corrected chi connectivity index (χ4v) is 1.60. The smallest absolute Gasteiger partial charge is 0.213 e. The van der Waals surface area contributed by atoms with E-state index in [-0.39, 0.29) is 0 Å². The second-order valence-corrected chi connectivity index (χ2v) is 4.00. The molecule has 0 radical (unpaired) electrons. The van der Waals surface area contributed by atoms with Crippen LogP contribution in [0.5, 0.6) is 11.6 Å². The Morgan fingerprint density at radius 1 is 1.22 bits per heavy atom. The van der Waals surface area contributed by atoms with E-state index < -0.39 is 0 Å². The number of methoxy groups -OCH3 is 1. The number of nitrogens with two attached hydrogens (primary N) is 1. The molecule has 2 aromatic rings. The molecular weight excluding hydrogens is 228 g/mol. The van der Waals surface area contributed by atoms with Gasteiger partial charge in [-0.05, 0) is 30.7 Å². The van der Waals surface area contributed by atoms with Crippen molar-refractivity contribution in [1.82, 2.24) is 4.98 Å². The Hall–Kier alpha value is -2.23. The van der Waals surface area contributed by atoms with E-state index in [2.05, 4.69) is 4.98 Å². The predicted molar refractivity (Wildman–Crippen MR) is 70.7 cm³/mol. The first-order valence-electron chi connectivity index (χ1n) is 5.68. The molecule has 94 valence electrons. The van der Waals surface area contributed by atoms with Gasteiger partial charge in [-0.15, -0.1) is 0 Å². The molecule has 2 N–H and O–H groups in total. The maximum absolute atomic E-state index is 5.87. The summed E-state index contributed by atoms with van der Waals surface area (Å²) in [6.07, 6.45) is 0. The van der Waals surface area contributed by atoms with E-state index >= 15 is 0 Å². The van der Waals surface area contributed by atoms with Crippen LogP contribution in [0, 0.1) is 6.92 Å². The first-order chi connectivity index (χ1) is 8.69. The molecule has 1 aromatic carbocycles. The molecular formula is C14H16N2O2. The third-order valence-electron chi connectivity index (χ3n) is 2.53. The molecule has 0 saturated heterocycles. The van der Waals surface area contributed by atoms with Crippen LogP contribution in [0.3, 0.4) is 0 Å². The number of benzene rings is 1. The van der Waals surface area contributed by atoms with Gasteiger partial charge in [0, 0.05) is 6.07 Å². The van der Waals surface area contributed by atoms with E-state index in [0.717, 1.165) is 11.3 Å². The summed E-state index contributed by atoms with van der Waals surface area (Å²) in [6, 6.07) is 11.3. The molecule has 0 aliphatic rings. The Morgan fingerprint density at radius 3 is 2.78 bits per heavy atom. The van der Waals surface area contributed by atoms with Gasteiger partial charge in [-0.2, -0.15) is 0 Å². The van der Waals surface area contributed by atoms with E-state index in [4.69, 9.17) is 15.2 Å². The van der Waals surface area contributed by atoms with Crippen molar-refractivity contribution < 1.29 is 9.47 Å². The van der Waals surface area contributed by atoms with Crippen molar-refractivity contribution in [3.63, 3.8) is 0 Å². The van der Waals surface area contributed by atoms with E-state index in [1.54, 1.807) is 13.2 Å². The second-order valence-electron chi connectivity index (χ2n) is 4.00. The number of anilines is 1. The van der Waals surface area contributed by atoms with Crippen molar-refractivity contribution in [2.45, 2.75) is 13.5 Å². The lowest BCUT2D eigenvalue weighted by molar-refractivity contribution is 0.299. The number of nitrogens with zero attached hydrogens (tertiary/aromatic N) is 1. The fourth-order valence-electron chi connectivity index (χ4n) is 1.60. The van der Waals surface area contributed by atoms with Crippen molar-refractivity contribution in [2.24, 2.45) is 0 Å². The third-order valence-corrected chi connectivity index (χ3v) is 2.53.